The average Bonchev–Trinajstić information content (AvgIpc) is 1.57. The Bertz CT molecular complexity index is 1720. The summed E-state index contributed by atoms with van der Waals surface area (Å²) in [5, 5.41) is 0. The zero-order valence-corrected chi connectivity index (χ0v) is 64.3. The quantitative estimate of drug-likeness (QED) is 0.0195. The van der Waals surface area contributed by atoms with Crippen molar-refractivity contribution in [3.8, 4) is 0 Å². The van der Waals surface area contributed by atoms with Crippen LogP contribution in [0.15, 0.2) is 48.6 Å². The second-order valence-electron chi connectivity index (χ2n) is 29.5. The number of allylic oxidation sites excluding steroid dienone is 8. The van der Waals surface area contributed by atoms with Crippen LogP contribution in [0, 0.1) is 0 Å². The molecule has 0 amide bonds. The van der Waals surface area contributed by atoms with Gasteiger partial charge in [0.25, 0.3) is 7.82 Å². The van der Waals surface area contributed by atoms with Gasteiger partial charge in [-0.05, 0) is 51.4 Å². The fourth-order valence-corrected chi connectivity index (χ4v) is 13.3. The molecule has 10 heteroatoms. The van der Waals surface area contributed by atoms with E-state index in [0.717, 1.165) is 57.8 Å². The lowest BCUT2D eigenvalue weighted by Gasteiger charge is -2.28. The molecule has 0 fully saturated rings. The number of esters is 2. The Kier molecular flexibility index (Phi) is 73.6. The van der Waals surface area contributed by atoms with Crippen LogP contribution in [0.5, 0.6) is 0 Å². The van der Waals surface area contributed by atoms with Crippen LogP contribution in [0.4, 0.5) is 0 Å². The van der Waals surface area contributed by atoms with Gasteiger partial charge in [-0.15, -0.1) is 0 Å². The number of rotatable bonds is 78. The zero-order valence-electron chi connectivity index (χ0n) is 63.4. The highest BCUT2D eigenvalue weighted by Crippen LogP contribution is 2.38. The average molecular weight is 1340 g/mol. The summed E-state index contributed by atoms with van der Waals surface area (Å²) in [7, 11) is 1.19. The molecule has 0 rings (SSSR count). The summed E-state index contributed by atoms with van der Waals surface area (Å²) < 4.78 is 34.4. The molecule has 0 aromatic heterocycles. The molecular weight excluding hydrogens is 1180 g/mol. The topological polar surface area (TPSA) is 111 Å². The number of phosphoric acid groups is 1. The van der Waals surface area contributed by atoms with Gasteiger partial charge in [-0.1, -0.05) is 409 Å². The lowest BCUT2D eigenvalue weighted by molar-refractivity contribution is -0.870. The molecule has 0 aromatic rings. The first kappa shape index (κ1) is 92.0. The van der Waals surface area contributed by atoms with Gasteiger partial charge in [0.15, 0.2) is 6.10 Å². The van der Waals surface area contributed by atoms with Gasteiger partial charge in [0.2, 0.25) is 0 Å². The van der Waals surface area contributed by atoms with Crippen molar-refractivity contribution in [3.63, 3.8) is 0 Å². The van der Waals surface area contributed by atoms with Crippen LogP contribution in [0.1, 0.15) is 425 Å². The molecule has 2 atom stereocenters. The third-order valence-corrected chi connectivity index (χ3v) is 19.8. The number of likely N-dealkylation sites (N-methyl/N-ethyl adjacent to an activating group) is 1. The fourth-order valence-electron chi connectivity index (χ4n) is 12.6. The summed E-state index contributed by atoms with van der Waals surface area (Å²) in [5.41, 5.74) is 0. The third kappa shape index (κ3) is 79.0. The third-order valence-electron chi connectivity index (χ3n) is 18.9. The van der Waals surface area contributed by atoms with Gasteiger partial charge in [-0.2, -0.15) is 0 Å². The number of carbonyl (C=O) groups is 2. The van der Waals surface area contributed by atoms with Crippen molar-refractivity contribution in [2.45, 2.75) is 431 Å². The SMILES string of the molecule is CC/C=C\C/C=C\C/C=C\C/C=C\CCCCCCCCCCCCCCCCCCCCCCCCCCCCCCC(=O)OC(COC(=O)CCCCCCCCCCCCCCCCCCCCCCCCCCCCCCC)COP(=O)([O-])OCC[N+](C)(C)C. The van der Waals surface area contributed by atoms with Gasteiger partial charge in [0.05, 0.1) is 27.7 Å². The highest BCUT2D eigenvalue weighted by molar-refractivity contribution is 7.45. The Morgan fingerprint density at radius 1 is 0.340 bits per heavy atom. The van der Waals surface area contributed by atoms with E-state index in [1.54, 1.807) is 0 Å². The number of nitrogens with zero attached hydrogens (tertiary/aromatic N) is 1. The number of quaternary nitrogens is 1. The van der Waals surface area contributed by atoms with Gasteiger partial charge >= 0.3 is 11.9 Å². The van der Waals surface area contributed by atoms with Crippen molar-refractivity contribution < 1.29 is 42.1 Å². The van der Waals surface area contributed by atoms with E-state index in [2.05, 4.69) is 62.5 Å². The van der Waals surface area contributed by atoms with Crippen LogP contribution >= 0.6 is 7.82 Å². The lowest BCUT2D eigenvalue weighted by Crippen LogP contribution is -2.37. The first-order valence-corrected chi connectivity index (χ1v) is 42.8. The number of ether oxygens (including phenoxy) is 2. The van der Waals surface area contributed by atoms with E-state index in [1.165, 1.54) is 334 Å². The molecular formula is C84H160NO8P. The molecule has 0 saturated heterocycles. The first-order valence-electron chi connectivity index (χ1n) is 41.3. The molecule has 9 nitrogen and oxygen atoms in total. The zero-order chi connectivity index (χ0) is 68.3. The molecule has 0 aliphatic heterocycles. The minimum atomic E-state index is -4.64. The minimum absolute atomic E-state index is 0.0267. The molecule has 0 heterocycles. The van der Waals surface area contributed by atoms with Crippen molar-refractivity contribution in [1.29, 1.82) is 0 Å². The summed E-state index contributed by atoms with van der Waals surface area (Å²) in [4.78, 5) is 38.2. The molecule has 94 heavy (non-hydrogen) atoms. The van der Waals surface area contributed by atoms with E-state index >= 15 is 0 Å². The van der Waals surface area contributed by atoms with E-state index in [-0.39, 0.29) is 32.0 Å². The highest BCUT2D eigenvalue weighted by Gasteiger charge is 2.22. The molecule has 2 unspecified atom stereocenters. The molecule has 0 aliphatic rings. The van der Waals surface area contributed by atoms with E-state index in [4.69, 9.17) is 18.5 Å². The molecule has 0 bridgehead atoms. The maximum atomic E-state index is 12.9. The molecule has 0 radical (unpaired) electrons. The first-order chi connectivity index (χ1) is 46.0. The second-order valence-corrected chi connectivity index (χ2v) is 30.9. The van der Waals surface area contributed by atoms with Crippen LogP contribution in [0.3, 0.4) is 0 Å². The number of carbonyl (C=O) groups excluding carboxylic acids is 2. The summed E-state index contributed by atoms with van der Waals surface area (Å²) in [6.45, 7) is 4.22. The Morgan fingerprint density at radius 3 is 0.904 bits per heavy atom. The monoisotopic (exact) mass is 1340 g/mol. The smallest absolute Gasteiger partial charge is 0.306 e. The van der Waals surface area contributed by atoms with E-state index in [9.17, 15) is 19.0 Å². The van der Waals surface area contributed by atoms with Gasteiger partial charge < -0.3 is 27.9 Å². The molecule has 0 spiro atoms. The molecule has 0 aliphatic carbocycles. The van der Waals surface area contributed by atoms with Gasteiger partial charge in [-0.25, -0.2) is 0 Å². The molecule has 0 N–H and O–H groups in total. The summed E-state index contributed by atoms with van der Waals surface area (Å²) >= 11 is 0. The number of hydrogen-bond acceptors (Lipinski definition) is 8. The molecule has 0 aromatic carbocycles. The van der Waals surface area contributed by atoms with Crippen molar-refractivity contribution in [1.82, 2.24) is 0 Å². The van der Waals surface area contributed by atoms with Crippen LogP contribution in [-0.4, -0.2) is 70.0 Å². The Hall–Kier alpha value is -2.03. The maximum Gasteiger partial charge on any atom is 0.306 e. The highest BCUT2D eigenvalue weighted by atomic mass is 31.2. The summed E-state index contributed by atoms with van der Waals surface area (Å²) in [6.07, 6.45) is 99.7. The normalized spacial score (nSPS) is 13.2. The van der Waals surface area contributed by atoms with Crippen molar-refractivity contribution in [2.24, 2.45) is 0 Å². The van der Waals surface area contributed by atoms with Crippen LogP contribution in [-0.2, 0) is 32.7 Å². The Labute approximate surface area is 585 Å². The second kappa shape index (κ2) is 75.2. The van der Waals surface area contributed by atoms with E-state index < -0.39 is 26.5 Å². The van der Waals surface area contributed by atoms with Crippen molar-refractivity contribution >= 4 is 19.8 Å². The lowest BCUT2D eigenvalue weighted by atomic mass is 10.0. The standard InChI is InChI=1S/C84H160NO8P/c1-6-8-10-12-14-16-18-20-22-24-26-28-30-32-34-36-37-38-39-40-41-42-43-44-45-46-47-49-51-53-55-57-59-61-63-65-67-69-71-73-75-77-84(87)93-82(81-92-94(88,89)91-79-78-85(3,4)5)80-90-83(86)76-74-72-70-68-66-64-62-60-58-56-54-52-50-48-35-33-31-29-27-25-23-21-19-17-15-13-11-9-7-2/h8,10,14,16,20,22,26,28,82H,6-7,9,11-13,15,17-19,21,23-25,27,29-81H2,1-5H3/b10-8-,16-14-,22-20-,28-26-. The predicted molar refractivity (Wildman–Crippen MR) is 407 cm³/mol. The number of phosphoric ester groups is 1. The van der Waals surface area contributed by atoms with Crippen molar-refractivity contribution in [2.75, 3.05) is 47.5 Å². The van der Waals surface area contributed by atoms with Crippen LogP contribution < -0.4 is 4.89 Å². The van der Waals surface area contributed by atoms with Gasteiger partial charge in [0, 0.05) is 12.8 Å². The predicted octanol–water partition coefficient (Wildman–Crippen LogP) is 26.9. The van der Waals surface area contributed by atoms with Crippen LogP contribution in [0.2, 0.25) is 0 Å². The van der Waals surface area contributed by atoms with Crippen molar-refractivity contribution in [3.05, 3.63) is 48.6 Å². The van der Waals surface area contributed by atoms with Gasteiger partial charge in [0.1, 0.15) is 19.8 Å². The number of unbranched alkanes of at least 4 members (excludes halogenated alkanes) is 56. The molecule has 554 valence electrons. The van der Waals surface area contributed by atoms with E-state index in [0.29, 0.717) is 17.4 Å². The summed E-state index contributed by atoms with van der Waals surface area (Å²) in [5.74, 6) is -0.805. The van der Waals surface area contributed by atoms with Gasteiger partial charge in [-0.3, -0.25) is 14.2 Å². The largest absolute Gasteiger partial charge is 0.756 e. The maximum absolute atomic E-state index is 12.9. The minimum Gasteiger partial charge on any atom is -0.756 e. The number of hydrogen-bond donors (Lipinski definition) is 0. The summed E-state index contributed by atoms with van der Waals surface area (Å²) in [6, 6.07) is 0. The Balaban J connectivity index is 3.86. The fraction of sp³-hybridized carbons (Fsp3) is 0.881. The molecule has 0 saturated carbocycles. The Morgan fingerprint density at radius 2 is 0.606 bits per heavy atom. The van der Waals surface area contributed by atoms with Crippen LogP contribution in [0.25, 0.3) is 0 Å². The van der Waals surface area contributed by atoms with E-state index in [1.807, 2.05) is 21.1 Å².